The van der Waals surface area contributed by atoms with Crippen molar-refractivity contribution in [1.82, 2.24) is 5.32 Å². The van der Waals surface area contributed by atoms with Crippen LogP contribution in [0.1, 0.15) is 24.1 Å². The highest BCUT2D eigenvalue weighted by Crippen LogP contribution is 2.24. The molecular formula is C15H14Cl2N2O2. The molecule has 21 heavy (non-hydrogen) atoms. The molecule has 6 heteroatoms. The van der Waals surface area contributed by atoms with Crippen LogP contribution in [0.15, 0.2) is 42.5 Å². The first kappa shape index (κ1) is 15.8. The van der Waals surface area contributed by atoms with Gasteiger partial charge in [0.2, 0.25) is 0 Å². The number of nitrogens with one attached hydrogen (secondary N) is 1. The molecule has 0 spiro atoms. The van der Waals surface area contributed by atoms with Gasteiger partial charge in [-0.15, -0.1) is 0 Å². The van der Waals surface area contributed by atoms with Crippen LogP contribution in [0.5, 0.6) is 0 Å². The molecule has 1 N–H and O–H groups in total. The van der Waals surface area contributed by atoms with Crippen LogP contribution in [0, 0.1) is 10.1 Å². The highest BCUT2D eigenvalue weighted by molar-refractivity contribution is 6.31. The number of halogens is 2. The van der Waals surface area contributed by atoms with Gasteiger partial charge in [-0.25, -0.2) is 0 Å². The molecule has 2 rings (SSSR count). The van der Waals surface area contributed by atoms with Gasteiger partial charge in [-0.05, 0) is 36.8 Å². The summed E-state index contributed by atoms with van der Waals surface area (Å²) in [5, 5.41) is 15.3. The third-order valence-electron chi connectivity index (χ3n) is 3.21. The molecule has 4 nitrogen and oxygen atoms in total. The van der Waals surface area contributed by atoms with E-state index in [0.29, 0.717) is 22.2 Å². The molecule has 0 aromatic heterocycles. The van der Waals surface area contributed by atoms with Crippen LogP contribution in [0.3, 0.4) is 0 Å². The average Bonchev–Trinajstić information content (AvgIpc) is 2.46. The van der Waals surface area contributed by atoms with Gasteiger partial charge in [-0.3, -0.25) is 10.1 Å². The Bertz CT molecular complexity index is 645. The van der Waals surface area contributed by atoms with Crippen LogP contribution in [0.25, 0.3) is 0 Å². The van der Waals surface area contributed by atoms with Crippen LogP contribution in [0.2, 0.25) is 10.0 Å². The molecular weight excluding hydrogens is 311 g/mol. The molecule has 2 aromatic rings. The highest BCUT2D eigenvalue weighted by atomic mass is 35.5. The first-order valence-electron chi connectivity index (χ1n) is 6.39. The summed E-state index contributed by atoms with van der Waals surface area (Å²) in [6.07, 6.45) is 0. The standard InChI is InChI=1S/C15H14Cl2N2O2/c1-10(11-2-5-13(16)6-3-11)18-9-12-4-7-14(17)8-15(12)19(20)21/h2-8,10,18H,9H2,1H3/t10-/m0/s1. The SMILES string of the molecule is C[C@H](NCc1ccc(Cl)cc1[N+](=O)[O-])c1ccc(Cl)cc1. The van der Waals surface area contributed by atoms with Crippen molar-refractivity contribution >= 4 is 28.9 Å². The van der Waals surface area contributed by atoms with E-state index in [1.54, 1.807) is 12.1 Å². The quantitative estimate of drug-likeness (QED) is 0.637. The summed E-state index contributed by atoms with van der Waals surface area (Å²) >= 11 is 11.6. The van der Waals surface area contributed by atoms with Gasteiger partial charge < -0.3 is 5.32 Å². The maximum atomic E-state index is 11.0. The molecule has 0 saturated heterocycles. The summed E-state index contributed by atoms with van der Waals surface area (Å²) in [5.74, 6) is 0. The lowest BCUT2D eigenvalue weighted by Crippen LogP contribution is -2.18. The topological polar surface area (TPSA) is 55.2 Å². The van der Waals surface area contributed by atoms with Gasteiger partial charge in [0.1, 0.15) is 0 Å². The summed E-state index contributed by atoms with van der Waals surface area (Å²) < 4.78 is 0. The minimum absolute atomic E-state index is 0.0262. The number of nitro groups is 1. The number of rotatable bonds is 5. The lowest BCUT2D eigenvalue weighted by molar-refractivity contribution is -0.385. The zero-order valence-electron chi connectivity index (χ0n) is 11.3. The zero-order valence-corrected chi connectivity index (χ0v) is 12.9. The summed E-state index contributed by atoms with van der Waals surface area (Å²) in [6, 6.07) is 12.2. The third-order valence-corrected chi connectivity index (χ3v) is 3.70. The van der Waals surface area contributed by atoms with Crippen molar-refractivity contribution in [2.45, 2.75) is 19.5 Å². The van der Waals surface area contributed by atoms with Gasteiger partial charge >= 0.3 is 0 Å². The van der Waals surface area contributed by atoms with Gasteiger partial charge in [0.15, 0.2) is 0 Å². The lowest BCUT2D eigenvalue weighted by Gasteiger charge is -2.14. The fourth-order valence-electron chi connectivity index (χ4n) is 1.99. The molecule has 0 unspecified atom stereocenters. The summed E-state index contributed by atoms with van der Waals surface area (Å²) in [5.41, 5.74) is 1.69. The molecule has 0 aliphatic heterocycles. The second-order valence-electron chi connectivity index (χ2n) is 4.68. The van der Waals surface area contributed by atoms with E-state index in [0.717, 1.165) is 5.56 Å². The van der Waals surface area contributed by atoms with Gasteiger partial charge in [0.05, 0.1) is 4.92 Å². The Morgan fingerprint density at radius 1 is 1.14 bits per heavy atom. The van der Waals surface area contributed by atoms with E-state index in [2.05, 4.69) is 5.32 Å². The number of hydrogen-bond acceptors (Lipinski definition) is 3. The lowest BCUT2D eigenvalue weighted by atomic mass is 10.1. The monoisotopic (exact) mass is 324 g/mol. The maximum Gasteiger partial charge on any atom is 0.275 e. The van der Waals surface area contributed by atoms with E-state index in [9.17, 15) is 10.1 Å². The van der Waals surface area contributed by atoms with Crippen LogP contribution >= 0.6 is 23.2 Å². The molecule has 0 bridgehead atoms. The fourth-order valence-corrected chi connectivity index (χ4v) is 2.28. The predicted octanol–water partition coefficient (Wildman–Crippen LogP) is 4.75. The van der Waals surface area contributed by atoms with Gasteiger partial charge in [-0.1, -0.05) is 35.3 Å². The number of nitro benzene ring substituents is 1. The van der Waals surface area contributed by atoms with E-state index >= 15 is 0 Å². The third kappa shape index (κ3) is 4.17. The van der Waals surface area contributed by atoms with Crippen molar-refractivity contribution in [3.63, 3.8) is 0 Å². The maximum absolute atomic E-state index is 11.0. The molecule has 0 radical (unpaired) electrons. The van der Waals surface area contributed by atoms with Gasteiger partial charge in [-0.2, -0.15) is 0 Å². The average molecular weight is 325 g/mol. The molecule has 0 saturated carbocycles. The number of benzene rings is 2. The Labute approximate surface area is 132 Å². The molecule has 0 amide bonds. The van der Waals surface area contributed by atoms with E-state index < -0.39 is 4.92 Å². The summed E-state index contributed by atoms with van der Waals surface area (Å²) in [4.78, 5) is 10.6. The molecule has 0 heterocycles. The molecule has 0 fully saturated rings. The van der Waals surface area contributed by atoms with Gasteiger partial charge in [0.25, 0.3) is 5.69 Å². The Morgan fingerprint density at radius 2 is 1.76 bits per heavy atom. The van der Waals surface area contributed by atoms with Crippen molar-refractivity contribution < 1.29 is 4.92 Å². The minimum atomic E-state index is -0.421. The molecule has 0 aliphatic carbocycles. The Kier molecular flexibility index (Phi) is 5.17. The van der Waals surface area contributed by atoms with Crippen molar-refractivity contribution in [3.05, 3.63) is 73.8 Å². The van der Waals surface area contributed by atoms with Crippen LogP contribution in [-0.4, -0.2) is 4.92 Å². The summed E-state index contributed by atoms with van der Waals surface area (Å²) in [7, 11) is 0. The van der Waals surface area contributed by atoms with Gasteiger partial charge in [0, 0.05) is 34.3 Å². The first-order chi connectivity index (χ1) is 9.97. The van der Waals surface area contributed by atoms with Crippen LogP contribution < -0.4 is 5.32 Å². The highest BCUT2D eigenvalue weighted by Gasteiger charge is 2.15. The van der Waals surface area contributed by atoms with Crippen LogP contribution in [0.4, 0.5) is 5.69 Å². The predicted molar refractivity (Wildman–Crippen MR) is 84.8 cm³/mol. The molecule has 0 aliphatic rings. The van der Waals surface area contributed by atoms with E-state index in [1.165, 1.54) is 6.07 Å². The molecule has 2 aromatic carbocycles. The Morgan fingerprint density at radius 3 is 2.38 bits per heavy atom. The second kappa shape index (κ2) is 6.89. The first-order valence-corrected chi connectivity index (χ1v) is 7.14. The zero-order chi connectivity index (χ0) is 15.4. The Balaban J connectivity index is 2.09. The van der Waals surface area contributed by atoms with Crippen molar-refractivity contribution in [2.75, 3.05) is 0 Å². The fraction of sp³-hybridized carbons (Fsp3) is 0.200. The Hall–Kier alpha value is -1.62. The van der Waals surface area contributed by atoms with Crippen molar-refractivity contribution in [2.24, 2.45) is 0 Å². The number of hydrogen-bond donors (Lipinski definition) is 1. The largest absolute Gasteiger partial charge is 0.306 e. The second-order valence-corrected chi connectivity index (χ2v) is 5.56. The van der Waals surface area contributed by atoms with Crippen LogP contribution in [-0.2, 0) is 6.54 Å². The van der Waals surface area contributed by atoms with E-state index in [4.69, 9.17) is 23.2 Å². The van der Waals surface area contributed by atoms with E-state index in [-0.39, 0.29) is 11.7 Å². The normalized spacial score (nSPS) is 12.1. The molecule has 1 atom stereocenters. The summed E-state index contributed by atoms with van der Waals surface area (Å²) in [6.45, 7) is 2.38. The minimum Gasteiger partial charge on any atom is -0.306 e. The molecule has 110 valence electrons. The van der Waals surface area contributed by atoms with E-state index in [1.807, 2.05) is 31.2 Å². The van der Waals surface area contributed by atoms with Crippen molar-refractivity contribution in [1.29, 1.82) is 0 Å². The van der Waals surface area contributed by atoms with Crippen molar-refractivity contribution in [3.8, 4) is 0 Å². The number of nitrogens with zero attached hydrogens (tertiary/aromatic N) is 1. The smallest absolute Gasteiger partial charge is 0.275 e.